The predicted molar refractivity (Wildman–Crippen MR) is 61.2 cm³/mol. The molecule has 0 aliphatic heterocycles. The van der Waals surface area contributed by atoms with E-state index in [0.29, 0.717) is 12.2 Å². The molecule has 0 fully saturated rings. The van der Waals surface area contributed by atoms with Gasteiger partial charge >= 0.3 is 6.61 Å². The average molecular weight is 256 g/mol. The largest absolute Gasteiger partial charge is 0.432 e. The second-order valence-corrected chi connectivity index (χ2v) is 3.60. The molecule has 0 aliphatic rings. The number of rotatable bonds is 5. The normalized spacial score (nSPS) is 10.7. The molecule has 0 radical (unpaired) electrons. The fourth-order valence-electron chi connectivity index (χ4n) is 1.47. The summed E-state index contributed by atoms with van der Waals surface area (Å²) in [5.74, 6) is -1.29. The summed E-state index contributed by atoms with van der Waals surface area (Å²) < 4.78 is 41.2. The summed E-state index contributed by atoms with van der Waals surface area (Å²) in [5, 5.41) is 2.97. The average Bonchev–Trinajstić information content (AvgIpc) is 2.82. The topological polar surface area (TPSA) is 37.0 Å². The molecule has 0 bridgehead atoms. The molecule has 0 saturated carbocycles. The molecule has 2 N–H and O–H groups in total. The van der Waals surface area contributed by atoms with Crippen LogP contribution in [0.1, 0.15) is 5.56 Å². The van der Waals surface area contributed by atoms with E-state index in [0.717, 1.165) is 11.6 Å². The van der Waals surface area contributed by atoms with Crippen LogP contribution in [0, 0.1) is 5.82 Å². The standard InChI is InChI=1S/C12H11F3N2O/c13-10-5-9(1-2-11(10)18-12(14)15)17-7-8-3-4-16-6-8/h1-6,12,16-17H,7H2. The van der Waals surface area contributed by atoms with Gasteiger partial charge < -0.3 is 15.0 Å². The smallest absolute Gasteiger partial charge is 0.387 e. The molecule has 1 heterocycles. The van der Waals surface area contributed by atoms with Crippen LogP contribution in [0.4, 0.5) is 18.9 Å². The van der Waals surface area contributed by atoms with Gasteiger partial charge in [0.2, 0.25) is 0 Å². The van der Waals surface area contributed by atoms with E-state index in [4.69, 9.17) is 0 Å². The fourth-order valence-corrected chi connectivity index (χ4v) is 1.47. The highest BCUT2D eigenvalue weighted by Crippen LogP contribution is 2.23. The Kier molecular flexibility index (Phi) is 3.76. The molecule has 1 aromatic heterocycles. The summed E-state index contributed by atoms with van der Waals surface area (Å²) in [7, 11) is 0. The van der Waals surface area contributed by atoms with Crippen LogP contribution in [0.25, 0.3) is 0 Å². The van der Waals surface area contributed by atoms with E-state index < -0.39 is 18.2 Å². The lowest BCUT2D eigenvalue weighted by molar-refractivity contribution is -0.0521. The summed E-state index contributed by atoms with van der Waals surface area (Å²) in [6.45, 7) is -2.52. The van der Waals surface area contributed by atoms with Gasteiger partial charge in [-0.05, 0) is 23.8 Å². The highest BCUT2D eigenvalue weighted by molar-refractivity contribution is 5.47. The maximum absolute atomic E-state index is 13.4. The van der Waals surface area contributed by atoms with Crippen molar-refractivity contribution in [2.24, 2.45) is 0 Å². The third-order valence-corrected chi connectivity index (χ3v) is 2.31. The van der Waals surface area contributed by atoms with Crippen molar-refractivity contribution in [3.8, 4) is 5.75 Å². The molecule has 0 aliphatic carbocycles. The molecular weight excluding hydrogens is 245 g/mol. The van der Waals surface area contributed by atoms with E-state index in [1.54, 1.807) is 12.4 Å². The summed E-state index contributed by atoms with van der Waals surface area (Å²) in [6.07, 6.45) is 3.58. The van der Waals surface area contributed by atoms with Crippen LogP contribution in [0.3, 0.4) is 0 Å². The number of hydrogen-bond acceptors (Lipinski definition) is 2. The molecule has 1 aromatic carbocycles. The van der Waals surface area contributed by atoms with Crippen LogP contribution in [0.15, 0.2) is 36.7 Å². The van der Waals surface area contributed by atoms with Gasteiger partial charge in [0.05, 0.1) is 0 Å². The summed E-state index contributed by atoms with van der Waals surface area (Å²) >= 11 is 0. The summed E-state index contributed by atoms with van der Waals surface area (Å²) in [6, 6.07) is 5.64. The van der Waals surface area contributed by atoms with Crippen molar-refractivity contribution in [2.75, 3.05) is 5.32 Å². The highest BCUT2D eigenvalue weighted by Gasteiger charge is 2.10. The minimum absolute atomic E-state index is 0.461. The Balaban J connectivity index is 2.00. The molecular formula is C12H11F3N2O. The van der Waals surface area contributed by atoms with Crippen LogP contribution in [-0.4, -0.2) is 11.6 Å². The second kappa shape index (κ2) is 5.48. The zero-order valence-electron chi connectivity index (χ0n) is 9.29. The fraction of sp³-hybridized carbons (Fsp3) is 0.167. The van der Waals surface area contributed by atoms with Gasteiger partial charge in [-0.15, -0.1) is 0 Å². The van der Waals surface area contributed by atoms with E-state index in [1.807, 2.05) is 6.07 Å². The van der Waals surface area contributed by atoms with Gasteiger partial charge in [0.15, 0.2) is 11.6 Å². The first-order chi connectivity index (χ1) is 8.65. The van der Waals surface area contributed by atoms with E-state index >= 15 is 0 Å². The molecule has 0 unspecified atom stereocenters. The summed E-state index contributed by atoms with van der Waals surface area (Å²) in [5.41, 5.74) is 1.50. The summed E-state index contributed by atoms with van der Waals surface area (Å²) in [4.78, 5) is 2.89. The molecule has 0 saturated heterocycles. The third kappa shape index (κ3) is 3.19. The number of aromatic nitrogens is 1. The predicted octanol–water partition coefficient (Wildman–Crippen LogP) is 3.37. The molecule has 96 valence electrons. The Morgan fingerprint density at radius 3 is 2.72 bits per heavy atom. The van der Waals surface area contributed by atoms with Gasteiger partial charge in [0, 0.05) is 30.7 Å². The monoisotopic (exact) mass is 256 g/mol. The maximum atomic E-state index is 13.4. The third-order valence-electron chi connectivity index (χ3n) is 2.31. The van der Waals surface area contributed by atoms with Crippen LogP contribution < -0.4 is 10.1 Å². The first kappa shape index (κ1) is 12.3. The number of anilines is 1. The van der Waals surface area contributed by atoms with Gasteiger partial charge in [-0.3, -0.25) is 0 Å². The van der Waals surface area contributed by atoms with E-state index in [9.17, 15) is 13.2 Å². The first-order valence-corrected chi connectivity index (χ1v) is 5.25. The minimum Gasteiger partial charge on any atom is -0.432 e. The number of ether oxygens (including phenoxy) is 1. The zero-order valence-corrected chi connectivity index (χ0v) is 9.29. The van der Waals surface area contributed by atoms with Crippen molar-refractivity contribution >= 4 is 5.69 Å². The van der Waals surface area contributed by atoms with Crippen molar-refractivity contribution in [3.63, 3.8) is 0 Å². The van der Waals surface area contributed by atoms with Gasteiger partial charge in [0.1, 0.15) is 0 Å². The maximum Gasteiger partial charge on any atom is 0.387 e. The second-order valence-electron chi connectivity index (χ2n) is 3.60. The molecule has 18 heavy (non-hydrogen) atoms. The van der Waals surface area contributed by atoms with Crippen LogP contribution >= 0.6 is 0 Å². The molecule has 6 heteroatoms. The van der Waals surface area contributed by atoms with E-state index in [2.05, 4.69) is 15.0 Å². The highest BCUT2D eigenvalue weighted by atomic mass is 19.3. The van der Waals surface area contributed by atoms with Gasteiger partial charge in [-0.1, -0.05) is 0 Å². The molecule has 2 rings (SSSR count). The van der Waals surface area contributed by atoms with E-state index in [1.165, 1.54) is 12.1 Å². The minimum atomic E-state index is -3.03. The van der Waals surface area contributed by atoms with Crippen molar-refractivity contribution in [3.05, 3.63) is 48.0 Å². The van der Waals surface area contributed by atoms with Gasteiger partial charge in [0.25, 0.3) is 0 Å². The van der Waals surface area contributed by atoms with Crippen LogP contribution in [-0.2, 0) is 6.54 Å². The number of hydrogen-bond donors (Lipinski definition) is 2. The van der Waals surface area contributed by atoms with Crippen LogP contribution in [0.2, 0.25) is 0 Å². The Bertz CT molecular complexity index is 500. The molecule has 0 amide bonds. The SMILES string of the molecule is Fc1cc(NCc2cc[nH]c2)ccc1OC(F)F. The first-order valence-electron chi connectivity index (χ1n) is 5.25. The number of alkyl halides is 2. The van der Waals surface area contributed by atoms with Crippen LogP contribution in [0.5, 0.6) is 5.75 Å². The molecule has 0 spiro atoms. The quantitative estimate of drug-likeness (QED) is 0.860. The number of H-pyrrole nitrogens is 1. The number of nitrogens with one attached hydrogen (secondary N) is 2. The molecule has 2 aromatic rings. The number of halogens is 3. The van der Waals surface area contributed by atoms with Gasteiger partial charge in [-0.25, -0.2) is 4.39 Å². The Hall–Kier alpha value is -2.11. The molecule has 0 atom stereocenters. The zero-order chi connectivity index (χ0) is 13.0. The Morgan fingerprint density at radius 1 is 1.28 bits per heavy atom. The van der Waals surface area contributed by atoms with E-state index in [-0.39, 0.29) is 0 Å². The van der Waals surface area contributed by atoms with Gasteiger partial charge in [-0.2, -0.15) is 8.78 Å². The Morgan fingerprint density at radius 2 is 2.11 bits per heavy atom. The number of benzene rings is 1. The van der Waals surface area contributed by atoms with Crippen molar-refractivity contribution in [2.45, 2.75) is 13.2 Å². The Labute approximate surface area is 102 Å². The lowest BCUT2D eigenvalue weighted by atomic mass is 10.2. The van der Waals surface area contributed by atoms with Crippen molar-refractivity contribution in [1.82, 2.24) is 4.98 Å². The van der Waals surface area contributed by atoms with Crippen molar-refractivity contribution < 1.29 is 17.9 Å². The lowest BCUT2D eigenvalue weighted by Gasteiger charge is -2.09. The lowest BCUT2D eigenvalue weighted by Crippen LogP contribution is -2.04. The van der Waals surface area contributed by atoms with Crippen molar-refractivity contribution in [1.29, 1.82) is 0 Å². The molecule has 3 nitrogen and oxygen atoms in total. The number of aromatic amines is 1.